The van der Waals surface area contributed by atoms with Gasteiger partial charge in [-0.15, -0.1) is 0 Å². The molecular weight excluding hydrogens is 334 g/mol. The number of nitrogens with zero attached hydrogens (tertiary/aromatic N) is 1. The lowest BCUT2D eigenvalue weighted by molar-refractivity contribution is 0.389. The maximum atomic E-state index is 5.44. The third kappa shape index (κ3) is 2.44. The van der Waals surface area contributed by atoms with E-state index in [4.69, 9.17) is 12.2 Å². The Morgan fingerprint density at radius 1 is 1.05 bits per heavy atom. The van der Waals surface area contributed by atoms with Gasteiger partial charge >= 0.3 is 0 Å². The second-order valence-electron chi connectivity index (χ2n) is 4.84. The molecule has 2 aromatic rings. The van der Waals surface area contributed by atoms with Crippen molar-refractivity contribution in [1.82, 2.24) is 10.7 Å². The van der Waals surface area contributed by atoms with Crippen LogP contribution in [0.2, 0.25) is 0 Å². The van der Waals surface area contributed by atoms with Gasteiger partial charge in [0.05, 0.1) is 5.69 Å². The van der Waals surface area contributed by atoms with E-state index in [-0.39, 0.29) is 0 Å². The van der Waals surface area contributed by atoms with E-state index in [0.29, 0.717) is 5.11 Å². The van der Waals surface area contributed by atoms with Crippen molar-refractivity contribution in [1.29, 1.82) is 0 Å². The summed E-state index contributed by atoms with van der Waals surface area (Å²) >= 11 is 8.90. The molecular formula is C15H14BrN3S. The predicted molar refractivity (Wildman–Crippen MR) is 89.3 cm³/mol. The maximum Gasteiger partial charge on any atom is 0.190 e. The molecule has 0 aromatic heterocycles. The molecule has 0 aliphatic carbocycles. The van der Waals surface area contributed by atoms with Gasteiger partial charge in [0.2, 0.25) is 0 Å². The average molecular weight is 348 g/mol. The zero-order chi connectivity index (χ0) is 14.2. The Hall–Kier alpha value is -1.43. The molecule has 3 nitrogen and oxygen atoms in total. The van der Waals surface area contributed by atoms with Gasteiger partial charge in [-0.3, -0.25) is 0 Å². The van der Waals surface area contributed by atoms with Gasteiger partial charge in [0, 0.05) is 4.47 Å². The summed E-state index contributed by atoms with van der Waals surface area (Å²) in [5, 5.41) is 5.91. The van der Waals surface area contributed by atoms with Crippen molar-refractivity contribution in [3.05, 3.63) is 64.6 Å². The first-order valence-electron chi connectivity index (χ1n) is 6.30. The van der Waals surface area contributed by atoms with E-state index in [2.05, 4.69) is 45.7 Å². The number of thiocarbonyl (C=S) groups is 1. The van der Waals surface area contributed by atoms with Crippen molar-refractivity contribution < 1.29 is 0 Å². The monoisotopic (exact) mass is 347 g/mol. The largest absolute Gasteiger partial charge is 0.338 e. The van der Waals surface area contributed by atoms with Gasteiger partial charge in [-0.05, 0) is 49.0 Å². The lowest BCUT2D eigenvalue weighted by Gasteiger charge is -2.26. The summed E-state index contributed by atoms with van der Waals surface area (Å²) in [6.45, 7) is 2.07. The fourth-order valence-corrected chi connectivity index (χ4v) is 2.87. The van der Waals surface area contributed by atoms with Crippen molar-refractivity contribution in [3.8, 4) is 0 Å². The predicted octanol–water partition coefficient (Wildman–Crippen LogP) is 3.52. The molecule has 2 N–H and O–H groups in total. The summed E-state index contributed by atoms with van der Waals surface area (Å²) < 4.78 is 1.06. The lowest BCUT2D eigenvalue weighted by Crippen LogP contribution is -2.45. The number of para-hydroxylation sites is 1. The molecule has 5 heteroatoms. The smallest absolute Gasteiger partial charge is 0.190 e. The Bertz CT molecular complexity index is 629. The van der Waals surface area contributed by atoms with Crippen molar-refractivity contribution in [2.75, 3.05) is 5.01 Å². The van der Waals surface area contributed by atoms with Crippen LogP contribution in [-0.2, 0) is 5.66 Å². The van der Waals surface area contributed by atoms with E-state index in [1.54, 1.807) is 0 Å². The summed E-state index contributed by atoms with van der Waals surface area (Å²) in [6.07, 6.45) is 0. The topological polar surface area (TPSA) is 27.3 Å². The van der Waals surface area contributed by atoms with E-state index in [9.17, 15) is 0 Å². The highest BCUT2D eigenvalue weighted by atomic mass is 79.9. The van der Waals surface area contributed by atoms with Crippen molar-refractivity contribution in [3.63, 3.8) is 0 Å². The van der Waals surface area contributed by atoms with Crippen LogP contribution in [0.15, 0.2) is 59.1 Å². The summed E-state index contributed by atoms with van der Waals surface area (Å²) in [5.74, 6) is 0. The summed E-state index contributed by atoms with van der Waals surface area (Å²) in [4.78, 5) is 0. The van der Waals surface area contributed by atoms with Crippen molar-refractivity contribution in [2.45, 2.75) is 12.6 Å². The molecule has 1 fully saturated rings. The standard InChI is InChI=1S/C15H14BrN3S/c1-15(11-7-9-12(16)10-8-11)17-14(20)19(18-15)13-5-3-2-4-6-13/h2-10,18H,1H3,(H,17,20)/t15-/m0/s1. The van der Waals surface area contributed by atoms with Crippen LogP contribution in [0.25, 0.3) is 0 Å². The summed E-state index contributed by atoms with van der Waals surface area (Å²) in [5.41, 5.74) is 5.17. The maximum absolute atomic E-state index is 5.44. The molecule has 3 rings (SSSR count). The second kappa shape index (κ2) is 5.16. The zero-order valence-corrected chi connectivity index (χ0v) is 13.3. The van der Waals surface area contributed by atoms with E-state index >= 15 is 0 Å². The first-order valence-corrected chi connectivity index (χ1v) is 7.50. The highest BCUT2D eigenvalue weighted by Gasteiger charge is 2.37. The van der Waals surface area contributed by atoms with E-state index in [1.807, 2.05) is 47.5 Å². The number of hydrazine groups is 1. The molecule has 1 saturated heterocycles. The van der Waals surface area contributed by atoms with Gasteiger partial charge in [0.1, 0.15) is 5.66 Å². The molecule has 0 unspecified atom stereocenters. The van der Waals surface area contributed by atoms with E-state index in [0.717, 1.165) is 15.7 Å². The first-order chi connectivity index (χ1) is 9.58. The van der Waals surface area contributed by atoms with E-state index in [1.165, 1.54) is 0 Å². The highest BCUT2D eigenvalue weighted by molar-refractivity contribution is 9.10. The minimum Gasteiger partial charge on any atom is -0.338 e. The number of nitrogens with one attached hydrogen (secondary N) is 2. The second-order valence-corrected chi connectivity index (χ2v) is 6.15. The SMILES string of the molecule is C[C@]1(c2ccc(Br)cc2)NC(=S)N(c2ccccc2)N1. The Morgan fingerprint density at radius 2 is 1.70 bits per heavy atom. The van der Waals surface area contributed by atoms with Crippen LogP contribution in [0, 0.1) is 0 Å². The van der Waals surface area contributed by atoms with Gasteiger partial charge in [0.15, 0.2) is 5.11 Å². The number of hydrogen-bond donors (Lipinski definition) is 2. The molecule has 1 aliphatic rings. The van der Waals surface area contributed by atoms with Gasteiger partial charge in [-0.1, -0.05) is 46.3 Å². The van der Waals surface area contributed by atoms with Crippen LogP contribution in [-0.4, -0.2) is 5.11 Å². The molecule has 0 spiro atoms. The van der Waals surface area contributed by atoms with Gasteiger partial charge < -0.3 is 5.32 Å². The van der Waals surface area contributed by atoms with Crippen LogP contribution in [0.5, 0.6) is 0 Å². The number of benzene rings is 2. The molecule has 2 aromatic carbocycles. The van der Waals surface area contributed by atoms with Gasteiger partial charge in [-0.2, -0.15) is 5.43 Å². The number of rotatable bonds is 2. The fraction of sp³-hybridized carbons (Fsp3) is 0.133. The minimum atomic E-state index is -0.409. The van der Waals surface area contributed by atoms with Gasteiger partial charge in [0.25, 0.3) is 0 Å². The Labute approximate surface area is 132 Å². The molecule has 1 aliphatic heterocycles. The molecule has 20 heavy (non-hydrogen) atoms. The average Bonchev–Trinajstić information content (AvgIpc) is 2.77. The number of hydrogen-bond acceptors (Lipinski definition) is 2. The third-order valence-electron chi connectivity index (χ3n) is 3.33. The van der Waals surface area contributed by atoms with E-state index < -0.39 is 5.66 Å². The molecule has 102 valence electrons. The highest BCUT2D eigenvalue weighted by Crippen LogP contribution is 2.27. The molecule has 0 radical (unpaired) electrons. The Morgan fingerprint density at radius 3 is 2.35 bits per heavy atom. The molecule has 1 heterocycles. The zero-order valence-electron chi connectivity index (χ0n) is 10.9. The number of halogens is 1. The summed E-state index contributed by atoms with van der Waals surface area (Å²) in [7, 11) is 0. The van der Waals surface area contributed by atoms with Crippen molar-refractivity contribution in [2.24, 2.45) is 0 Å². The third-order valence-corrected chi connectivity index (χ3v) is 4.14. The first kappa shape index (κ1) is 13.5. The molecule has 1 atom stereocenters. The fourth-order valence-electron chi connectivity index (χ4n) is 2.25. The molecule has 0 saturated carbocycles. The molecule has 0 bridgehead atoms. The van der Waals surface area contributed by atoms with Crippen LogP contribution in [0.4, 0.5) is 5.69 Å². The Balaban J connectivity index is 1.91. The normalized spacial score (nSPS) is 21.9. The summed E-state index contributed by atoms with van der Waals surface area (Å²) in [6, 6.07) is 18.2. The van der Waals surface area contributed by atoms with Crippen LogP contribution in [0.1, 0.15) is 12.5 Å². The quantitative estimate of drug-likeness (QED) is 0.812. The minimum absolute atomic E-state index is 0.409. The van der Waals surface area contributed by atoms with Crippen LogP contribution in [0.3, 0.4) is 0 Å². The number of anilines is 1. The lowest BCUT2D eigenvalue weighted by atomic mass is 10.0. The van der Waals surface area contributed by atoms with Gasteiger partial charge in [-0.25, -0.2) is 5.01 Å². The van der Waals surface area contributed by atoms with Crippen LogP contribution < -0.4 is 15.8 Å². The van der Waals surface area contributed by atoms with Crippen molar-refractivity contribution >= 4 is 38.9 Å². The van der Waals surface area contributed by atoms with Crippen LogP contribution >= 0.6 is 28.1 Å². The molecule has 0 amide bonds. The Kier molecular flexibility index (Phi) is 3.50.